The molecule has 0 amide bonds. The molecule has 0 aliphatic rings. The average molecular weight is 237 g/mol. The van der Waals surface area contributed by atoms with Gasteiger partial charge in [-0.05, 0) is 19.1 Å². The number of nitrogens with zero attached hydrogens (tertiary/aromatic N) is 3. The molecule has 2 heterocycles. The molecule has 3 aromatic rings. The lowest BCUT2D eigenvalue weighted by molar-refractivity contribution is 0.425. The highest BCUT2D eigenvalue weighted by atomic mass is 16.5. The fourth-order valence-electron chi connectivity index (χ4n) is 1.71. The van der Waals surface area contributed by atoms with E-state index in [0.717, 1.165) is 16.8 Å². The molecule has 0 unspecified atom stereocenters. The Balaban J connectivity index is 1.94. The highest BCUT2D eigenvalue weighted by Crippen LogP contribution is 2.20. The van der Waals surface area contributed by atoms with Crippen LogP contribution in [-0.4, -0.2) is 15.1 Å². The molecule has 0 spiro atoms. The molecule has 0 bridgehead atoms. The van der Waals surface area contributed by atoms with E-state index in [1.165, 1.54) is 0 Å². The summed E-state index contributed by atoms with van der Waals surface area (Å²) in [7, 11) is 0. The monoisotopic (exact) mass is 237 g/mol. The molecular weight excluding hydrogens is 226 g/mol. The summed E-state index contributed by atoms with van der Waals surface area (Å²) in [5, 5.41) is 3.76. The van der Waals surface area contributed by atoms with Crippen molar-refractivity contribution in [2.24, 2.45) is 0 Å². The summed E-state index contributed by atoms with van der Waals surface area (Å²) in [4.78, 5) is 8.57. The summed E-state index contributed by atoms with van der Waals surface area (Å²) in [5.74, 6) is 1.12. The molecule has 2 aromatic heterocycles. The van der Waals surface area contributed by atoms with Crippen LogP contribution < -0.4 is 0 Å². The van der Waals surface area contributed by atoms with E-state index in [1.54, 1.807) is 13.1 Å². The molecule has 0 aliphatic carbocycles. The van der Waals surface area contributed by atoms with Crippen molar-refractivity contribution in [2.45, 2.75) is 6.92 Å². The van der Waals surface area contributed by atoms with Crippen LogP contribution in [-0.2, 0) is 0 Å². The summed E-state index contributed by atoms with van der Waals surface area (Å²) in [6, 6.07) is 13.9. The van der Waals surface area contributed by atoms with E-state index in [-0.39, 0.29) is 0 Å². The normalized spacial score (nSPS) is 10.5. The Morgan fingerprint density at radius 1 is 0.944 bits per heavy atom. The van der Waals surface area contributed by atoms with Gasteiger partial charge in [-0.3, -0.25) is 4.98 Å². The SMILES string of the molecule is Cc1noc(-c2ccc(-c3ccccc3)nc2)n1. The van der Waals surface area contributed by atoms with Gasteiger partial charge in [0.1, 0.15) is 0 Å². The van der Waals surface area contributed by atoms with Gasteiger partial charge >= 0.3 is 0 Å². The van der Waals surface area contributed by atoms with Gasteiger partial charge in [-0.1, -0.05) is 35.5 Å². The molecular formula is C14H11N3O. The van der Waals surface area contributed by atoms with Crippen molar-refractivity contribution in [3.05, 3.63) is 54.5 Å². The number of pyridine rings is 1. The lowest BCUT2D eigenvalue weighted by Gasteiger charge is -2.00. The minimum atomic E-state index is 0.500. The third-order valence-electron chi connectivity index (χ3n) is 2.61. The minimum Gasteiger partial charge on any atom is -0.334 e. The number of hydrogen-bond acceptors (Lipinski definition) is 4. The van der Waals surface area contributed by atoms with Crippen LogP contribution in [0.2, 0.25) is 0 Å². The van der Waals surface area contributed by atoms with Crippen LogP contribution in [0.15, 0.2) is 53.2 Å². The largest absolute Gasteiger partial charge is 0.334 e. The molecule has 0 atom stereocenters. The third kappa shape index (κ3) is 2.00. The Labute approximate surface area is 104 Å². The Bertz CT molecular complexity index is 644. The standard InChI is InChI=1S/C14H11N3O/c1-10-16-14(18-17-10)12-7-8-13(15-9-12)11-5-3-2-4-6-11/h2-9H,1H3. The maximum atomic E-state index is 5.09. The van der Waals surface area contributed by atoms with Gasteiger partial charge < -0.3 is 4.52 Å². The molecule has 3 rings (SSSR count). The van der Waals surface area contributed by atoms with Crippen LogP contribution in [0.4, 0.5) is 0 Å². The highest BCUT2D eigenvalue weighted by molar-refractivity contribution is 5.62. The zero-order chi connectivity index (χ0) is 12.4. The van der Waals surface area contributed by atoms with E-state index in [1.807, 2.05) is 42.5 Å². The first kappa shape index (κ1) is 10.7. The molecule has 0 N–H and O–H groups in total. The maximum absolute atomic E-state index is 5.09. The Morgan fingerprint density at radius 2 is 1.78 bits per heavy atom. The van der Waals surface area contributed by atoms with Gasteiger partial charge in [0.05, 0.1) is 11.3 Å². The second-order valence-corrected chi connectivity index (χ2v) is 3.94. The Morgan fingerprint density at radius 3 is 2.39 bits per heavy atom. The Hall–Kier alpha value is -2.49. The highest BCUT2D eigenvalue weighted by Gasteiger charge is 2.07. The zero-order valence-corrected chi connectivity index (χ0v) is 9.87. The topological polar surface area (TPSA) is 51.8 Å². The molecule has 18 heavy (non-hydrogen) atoms. The molecule has 4 nitrogen and oxygen atoms in total. The fraction of sp³-hybridized carbons (Fsp3) is 0.0714. The van der Waals surface area contributed by atoms with Crippen LogP contribution in [0, 0.1) is 6.92 Å². The maximum Gasteiger partial charge on any atom is 0.259 e. The summed E-state index contributed by atoms with van der Waals surface area (Å²) in [6.07, 6.45) is 1.75. The average Bonchev–Trinajstić information content (AvgIpc) is 2.87. The lowest BCUT2D eigenvalue weighted by Crippen LogP contribution is -1.85. The Kier molecular flexibility index (Phi) is 2.61. The summed E-state index contributed by atoms with van der Waals surface area (Å²) in [5.41, 5.74) is 2.84. The van der Waals surface area contributed by atoms with Crippen molar-refractivity contribution in [1.82, 2.24) is 15.1 Å². The van der Waals surface area contributed by atoms with Gasteiger partial charge in [-0.2, -0.15) is 4.98 Å². The molecule has 0 aliphatic heterocycles. The van der Waals surface area contributed by atoms with Gasteiger partial charge in [0.2, 0.25) is 0 Å². The van der Waals surface area contributed by atoms with Crippen molar-refractivity contribution in [1.29, 1.82) is 0 Å². The van der Waals surface area contributed by atoms with Crippen LogP contribution in [0.3, 0.4) is 0 Å². The van der Waals surface area contributed by atoms with Crippen molar-refractivity contribution in [3.8, 4) is 22.7 Å². The molecule has 0 radical (unpaired) electrons. The molecule has 0 saturated carbocycles. The number of hydrogen-bond donors (Lipinski definition) is 0. The summed E-state index contributed by atoms with van der Waals surface area (Å²) >= 11 is 0. The third-order valence-corrected chi connectivity index (χ3v) is 2.61. The second-order valence-electron chi connectivity index (χ2n) is 3.94. The van der Waals surface area contributed by atoms with Crippen LogP contribution in [0.5, 0.6) is 0 Å². The molecule has 88 valence electrons. The summed E-state index contributed by atoms with van der Waals surface area (Å²) in [6.45, 7) is 1.79. The smallest absolute Gasteiger partial charge is 0.259 e. The number of benzene rings is 1. The van der Waals surface area contributed by atoms with Gasteiger partial charge in [-0.15, -0.1) is 0 Å². The summed E-state index contributed by atoms with van der Waals surface area (Å²) < 4.78 is 5.09. The first-order chi connectivity index (χ1) is 8.83. The minimum absolute atomic E-state index is 0.500. The number of rotatable bonds is 2. The van der Waals surface area contributed by atoms with Crippen molar-refractivity contribution < 1.29 is 4.52 Å². The number of aromatic nitrogens is 3. The van der Waals surface area contributed by atoms with E-state index in [4.69, 9.17) is 4.52 Å². The zero-order valence-electron chi connectivity index (χ0n) is 9.87. The van der Waals surface area contributed by atoms with Crippen LogP contribution in [0.25, 0.3) is 22.7 Å². The van der Waals surface area contributed by atoms with E-state index < -0.39 is 0 Å². The predicted octanol–water partition coefficient (Wildman–Crippen LogP) is 3.11. The molecule has 1 aromatic carbocycles. The first-order valence-electron chi connectivity index (χ1n) is 5.65. The van der Waals surface area contributed by atoms with E-state index in [2.05, 4.69) is 15.1 Å². The quantitative estimate of drug-likeness (QED) is 0.687. The predicted molar refractivity (Wildman–Crippen MR) is 67.7 cm³/mol. The lowest BCUT2D eigenvalue weighted by atomic mass is 10.1. The molecule has 0 saturated heterocycles. The van der Waals surface area contributed by atoms with Gasteiger partial charge in [0.25, 0.3) is 5.89 Å². The van der Waals surface area contributed by atoms with Crippen molar-refractivity contribution in [2.75, 3.05) is 0 Å². The van der Waals surface area contributed by atoms with Crippen molar-refractivity contribution in [3.63, 3.8) is 0 Å². The van der Waals surface area contributed by atoms with Crippen LogP contribution >= 0.6 is 0 Å². The number of aryl methyl sites for hydroxylation is 1. The van der Waals surface area contributed by atoms with E-state index in [9.17, 15) is 0 Å². The van der Waals surface area contributed by atoms with Gasteiger partial charge in [-0.25, -0.2) is 0 Å². The van der Waals surface area contributed by atoms with Crippen LogP contribution in [0.1, 0.15) is 5.82 Å². The fourth-order valence-corrected chi connectivity index (χ4v) is 1.71. The second kappa shape index (κ2) is 4.41. The first-order valence-corrected chi connectivity index (χ1v) is 5.65. The van der Waals surface area contributed by atoms with Gasteiger partial charge in [0.15, 0.2) is 5.82 Å². The molecule has 4 heteroatoms. The van der Waals surface area contributed by atoms with Gasteiger partial charge in [0, 0.05) is 11.8 Å². The van der Waals surface area contributed by atoms with Crippen molar-refractivity contribution >= 4 is 0 Å². The van der Waals surface area contributed by atoms with E-state index in [0.29, 0.717) is 11.7 Å². The van der Waals surface area contributed by atoms with E-state index >= 15 is 0 Å². The molecule has 0 fully saturated rings.